The van der Waals surface area contributed by atoms with E-state index >= 15 is 0 Å². The van der Waals surface area contributed by atoms with Gasteiger partial charge in [-0.1, -0.05) is 66.7 Å². The fourth-order valence-corrected chi connectivity index (χ4v) is 4.45. The molecular formula is C23H22Cl3NO4. The number of aliphatic hydroxyl groups excluding tert-OH is 1. The average molecular weight is 483 g/mol. The Kier molecular flexibility index (Phi) is 7.52. The number of benzene rings is 2. The van der Waals surface area contributed by atoms with E-state index < -0.39 is 17.7 Å². The second kappa shape index (κ2) is 9.94. The lowest BCUT2D eigenvalue weighted by molar-refractivity contribution is -0.139. The Morgan fingerprint density at radius 1 is 1.06 bits per heavy atom. The summed E-state index contributed by atoms with van der Waals surface area (Å²) in [5.74, 6) is -1.49. The number of likely N-dealkylation sites (tertiary alicyclic amines) is 1. The quantitative estimate of drug-likeness (QED) is 0.219. The summed E-state index contributed by atoms with van der Waals surface area (Å²) in [6.45, 7) is 2.45. The highest BCUT2D eigenvalue weighted by molar-refractivity contribution is 6.46. The van der Waals surface area contributed by atoms with Crippen molar-refractivity contribution >= 4 is 52.3 Å². The Labute approximate surface area is 196 Å². The molecule has 3 rings (SSSR count). The number of ether oxygens (including phenoxy) is 1. The third-order valence-corrected chi connectivity index (χ3v) is 6.02. The van der Waals surface area contributed by atoms with Crippen molar-refractivity contribution in [3.8, 4) is 5.75 Å². The molecule has 2 aromatic carbocycles. The molecule has 0 aromatic heterocycles. The first-order valence-electron chi connectivity index (χ1n) is 9.87. The number of amides is 1. The molecule has 5 nitrogen and oxygen atoms in total. The van der Waals surface area contributed by atoms with Gasteiger partial charge >= 0.3 is 0 Å². The van der Waals surface area contributed by atoms with Crippen LogP contribution in [-0.2, 0) is 9.59 Å². The van der Waals surface area contributed by atoms with Gasteiger partial charge in [0, 0.05) is 17.1 Å². The highest BCUT2D eigenvalue weighted by Crippen LogP contribution is 2.42. The average Bonchev–Trinajstić information content (AvgIpc) is 2.98. The van der Waals surface area contributed by atoms with E-state index in [1.165, 1.54) is 24.1 Å². The molecule has 0 spiro atoms. The number of carbonyl (C=O) groups excluding carboxylic acids is 2. The van der Waals surface area contributed by atoms with Gasteiger partial charge in [-0.2, -0.15) is 0 Å². The molecule has 0 radical (unpaired) electrons. The van der Waals surface area contributed by atoms with Crippen LogP contribution in [0.2, 0.25) is 15.1 Å². The van der Waals surface area contributed by atoms with Crippen molar-refractivity contribution in [2.75, 3.05) is 13.7 Å². The molecule has 0 bridgehead atoms. The Hall–Kier alpha value is -2.21. The first kappa shape index (κ1) is 23.5. The maximum absolute atomic E-state index is 13.0. The monoisotopic (exact) mass is 481 g/mol. The molecule has 1 N–H and O–H groups in total. The molecular weight excluding hydrogens is 461 g/mol. The summed E-state index contributed by atoms with van der Waals surface area (Å²) >= 11 is 18.5. The highest BCUT2D eigenvalue weighted by Gasteiger charge is 2.45. The Bertz CT molecular complexity index is 1010. The molecule has 1 amide bonds. The molecule has 1 unspecified atom stereocenters. The summed E-state index contributed by atoms with van der Waals surface area (Å²) in [6, 6.07) is 9.01. The van der Waals surface area contributed by atoms with Crippen molar-refractivity contribution in [2.24, 2.45) is 0 Å². The molecule has 1 fully saturated rings. The van der Waals surface area contributed by atoms with Crippen LogP contribution in [0.5, 0.6) is 5.75 Å². The summed E-state index contributed by atoms with van der Waals surface area (Å²) in [5.41, 5.74) is 0.884. The molecule has 1 aliphatic heterocycles. The zero-order chi connectivity index (χ0) is 22.7. The van der Waals surface area contributed by atoms with Crippen LogP contribution in [0.1, 0.15) is 43.4 Å². The minimum Gasteiger partial charge on any atom is -0.507 e. The van der Waals surface area contributed by atoms with Gasteiger partial charge in [0.1, 0.15) is 5.76 Å². The number of nitrogens with zero attached hydrogens (tertiary/aromatic N) is 1. The van der Waals surface area contributed by atoms with E-state index in [4.69, 9.17) is 39.5 Å². The maximum Gasteiger partial charge on any atom is 0.295 e. The van der Waals surface area contributed by atoms with Crippen LogP contribution in [0.3, 0.4) is 0 Å². The lowest BCUT2D eigenvalue weighted by Crippen LogP contribution is -2.30. The summed E-state index contributed by atoms with van der Waals surface area (Å²) in [4.78, 5) is 27.3. The number of halogens is 3. The van der Waals surface area contributed by atoms with Crippen molar-refractivity contribution in [1.82, 2.24) is 4.90 Å². The number of carbonyl (C=O) groups is 2. The fraction of sp³-hybridized carbons (Fsp3) is 0.304. The van der Waals surface area contributed by atoms with Crippen molar-refractivity contribution in [1.29, 1.82) is 0 Å². The number of methoxy groups -OCH3 is 1. The predicted octanol–water partition coefficient (Wildman–Crippen LogP) is 6.27. The van der Waals surface area contributed by atoms with Crippen LogP contribution in [0.25, 0.3) is 5.76 Å². The van der Waals surface area contributed by atoms with Crippen LogP contribution < -0.4 is 4.74 Å². The smallest absolute Gasteiger partial charge is 0.295 e. The fourth-order valence-electron chi connectivity index (χ4n) is 3.68. The van der Waals surface area contributed by atoms with Crippen LogP contribution in [0, 0.1) is 0 Å². The minimum absolute atomic E-state index is 0.0129. The third kappa shape index (κ3) is 4.69. The van der Waals surface area contributed by atoms with E-state index in [1.807, 2.05) is 0 Å². The van der Waals surface area contributed by atoms with E-state index in [0.29, 0.717) is 17.1 Å². The SMILES string of the molecule is CCCCCN1C(=O)C(=O)/C(=C(/O)c2cc(Cl)c(OC)c(Cl)c2)C1c1ccc(Cl)cc1. The van der Waals surface area contributed by atoms with Gasteiger partial charge in [0.15, 0.2) is 5.75 Å². The van der Waals surface area contributed by atoms with E-state index in [1.54, 1.807) is 24.3 Å². The molecule has 8 heteroatoms. The van der Waals surface area contributed by atoms with Gasteiger partial charge in [-0.15, -0.1) is 0 Å². The Balaban J connectivity index is 2.16. The number of unbranched alkanes of at least 4 members (excludes halogenated alkanes) is 2. The molecule has 1 aliphatic rings. The number of hydrogen-bond donors (Lipinski definition) is 1. The summed E-state index contributed by atoms with van der Waals surface area (Å²) in [5, 5.41) is 12.0. The zero-order valence-electron chi connectivity index (χ0n) is 17.1. The standard InChI is InChI=1S/C23H22Cl3NO4/c1-3-4-5-10-27-19(13-6-8-15(24)9-7-13)18(21(29)23(27)30)20(28)14-11-16(25)22(31-2)17(26)12-14/h6-9,11-12,19,28H,3-5,10H2,1-2H3/b20-18+. The lowest BCUT2D eigenvalue weighted by Gasteiger charge is -2.25. The third-order valence-electron chi connectivity index (χ3n) is 5.20. The van der Waals surface area contributed by atoms with Gasteiger partial charge in [0.2, 0.25) is 0 Å². The summed E-state index contributed by atoms with van der Waals surface area (Å²) in [6.07, 6.45) is 2.63. The first-order valence-corrected chi connectivity index (χ1v) is 11.0. The highest BCUT2D eigenvalue weighted by atomic mass is 35.5. The molecule has 1 saturated heterocycles. The largest absolute Gasteiger partial charge is 0.507 e. The van der Waals surface area contributed by atoms with Crippen molar-refractivity contribution in [2.45, 2.75) is 32.2 Å². The van der Waals surface area contributed by atoms with Gasteiger partial charge in [-0.3, -0.25) is 9.59 Å². The van der Waals surface area contributed by atoms with Crippen LogP contribution in [0.15, 0.2) is 42.0 Å². The topological polar surface area (TPSA) is 66.8 Å². The van der Waals surface area contributed by atoms with Crippen molar-refractivity contribution in [3.63, 3.8) is 0 Å². The molecule has 0 saturated carbocycles. The number of hydrogen-bond acceptors (Lipinski definition) is 4. The predicted molar refractivity (Wildman–Crippen MR) is 123 cm³/mol. The van der Waals surface area contributed by atoms with Gasteiger partial charge < -0.3 is 14.7 Å². The van der Waals surface area contributed by atoms with Gasteiger partial charge in [-0.05, 0) is 36.2 Å². The molecule has 164 valence electrons. The summed E-state index contributed by atoms with van der Waals surface area (Å²) < 4.78 is 5.14. The number of Topliss-reactive ketones (excluding diaryl/α,β-unsaturated/α-hetero) is 1. The van der Waals surface area contributed by atoms with Crippen molar-refractivity contribution in [3.05, 3.63) is 68.2 Å². The van der Waals surface area contributed by atoms with Gasteiger partial charge in [-0.25, -0.2) is 0 Å². The lowest BCUT2D eigenvalue weighted by atomic mass is 9.95. The van der Waals surface area contributed by atoms with Gasteiger partial charge in [0.25, 0.3) is 11.7 Å². The van der Waals surface area contributed by atoms with E-state index in [0.717, 1.165) is 19.3 Å². The maximum atomic E-state index is 13.0. The second-order valence-corrected chi connectivity index (χ2v) is 8.48. The second-order valence-electron chi connectivity index (χ2n) is 7.22. The normalized spacial score (nSPS) is 18.0. The summed E-state index contributed by atoms with van der Waals surface area (Å²) in [7, 11) is 1.43. The minimum atomic E-state index is -0.753. The number of ketones is 1. The number of aliphatic hydroxyl groups is 1. The molecule has 1 heterocycles. The first-order chi connectivity index (χ1) is 14.8. The van der Waals surface area contributed by atoms with Gasteiger partial charge in [0.05, 0.1) is 28.8 Å². The molecule has 31 heavy (non-hydrogen) atoms. The van der Waals surface area contributed by atoms with E-state index in [9.17, 15) is 14.7 Å². The van der Waals surface area contributed by atoms with E-state index in [2.05, 4.69) is 6.92 Å². The Morgan fingerprint density at radius 3 is 2.23 bits per heavy atom. The van der Waals surface area contributed by atoms with Crippen LogP contribution in [0.4, 0.5) is 0 Å². The molecule has 2 aromatic rings. The zero-order valence-corrected chi connectivity index (χ0v) is 19.4. The number of rotatable bonds is 7. The van der Waals surface area contributed by atoms with Crippen molar-refractivity contribution < 1.29 is 19.4 Å². The van der Waals surface area contributed by atoms with Crippen LogP contribution in [-0.4, -0.2) is 35.4 Å². The molecule has 0 aliphatic carbocycles. The van der Waals surface area contributed by atoms with Crippen LogP contribution >= 0.6 is 34.8 Å². The molecule has 1 atom stereocenters. The Morgan fingerprint density at radius 2 is 1.68 bits per heavy atom. The van der Waals surface area contributed by atoms with E-state index in [-0.39, 0.29) is 32.7 Å².